The molecule has 0 spiro atoms. The molecule has 2 N–H and O–H groups in total. The van der Waals surface area contributed by atoms with Crippen molar-refractivity contribution in [1.29, 1.82) is 0 Å². The van der Waals surface area contributed by atoms with Crippen molar-refractivity contribution in [3.8, 4) is 11.5 Å². The Kier molecular flexibility index (Phi) is 4.09. The predicted molar refractivity (Wildman–Crippen MR) is 82.7 cm³/mol. The van der Waals surface area contributed by atoms with Gasteiger partial charge in [-0.15, -0.1) is 0 Å². The molecule has 0 atom stereocenters. The maximum Gasteiger partial charge on any atom is 0.269 e. The molecule has 1 aliphatic heterocycles. The number of nitrogens with zero attached hydrogens (tertiary/aromatic N) is 1. The molecule has 0 saturated heterocycles. The second-order valence-electron chi connectivity index (χ2n) is 4.88. The molecule has 0 aliphatic carbocycles. The number of hydrogen-bond acceptors (Lipinski definition) is 5. The third kappa shape index (κ3) is 3.11. The Morgan fingerprint density at radius 3 is 2.86 bits per heavy atom. The maximum atomic E-state index is 11.9. The molecule has 2 aromatic rings. The van der Waals surface area contributed by atoms with Crippen molar-refractivity contribution in [3.05, 3.63) is 42.2 Å². The van der Waals surface area contributed by atoms with Crippen LogP contribution >= 0.6 is 0 Å². The van der Waals surface area contributed by atoms with Gasteiger partial charge >= 0.3 is 0 Å². The summed E-state index contributed by atoms with van der Waals surface area (Å²) in [5, 5.41) is 6.04. The van der Waals surface area contributed by atoms with Crippen LogP contribution in [0.2, 0.25) is 0 Å². The lowest BCUT2D eigenvalue weighted by Crippen LogP contribution is -2.24. The van der Waals surface area contributed by atoms with E-state index in [2.05, 4.69) is 15.6 Å². The number of carbonyl (C=O) groups excluding carboxylic acids is 1. The molecule has 0 radical (unpaired) electrons. The summed E-state index contributed by atoms with van der Waals surface area (Å²) in [7, 11) is 0. The van der Waals surface area contributed by atoms with Gasteiger partial charge in [-0.2, -0.15) is 0 Å². The second kappa shape index (κ2) is 6.34. The topological polar surface area (TPSA) is 72.5 Å². The lowest BCUT2D eigenvalue weighted by molar-refractivity contribution is 0.0948. The molecule has 1 aromatic heterocycles. The van der Waals surface area contributed by atoms with Crippen LogP contribution in [0, 0.1) is 0 Å². The SMILES string of the molecule is CCCNC(=O)c1cc(Nc2ccc3c(c2)OCO3)ccn1. The van der Waals surface area contributed by atoms with Gasteiger partial charge in [0.25, 0.3) is 5.91 Å². The molecule has 6 nitrogen and oxygen atoms in total. The van der Waals surface area contributed by atoms with Crippen LogP contribution in [0.15, 0.2) is 36.5 Å². The minimum atomic E-state index is -0.170. The van der Waals surface area contributed by atoms with Gasteiger partial charge in [-0.05, 0) is 30.7 Å². The molecular formula is C16H17N3O3. The third-order valence-electron chi connectivity index (χ3n) is 3.19. The summed E-state index contributed by atoms with van der Waals surface area (Å²) in [5.74, 6) is 1.27. The highest BCUT2D eigenvalue weighted by atomic mass is 16.7. The lowest BCUT2D eigenvalue weighted by atomic mass is 10.2. The Hall–Kier alpha value is -2.76. The van der Waals surface area contributed by atoms with E-state index in [1.54, 1.807) is 18.3 Å². The lowest BCUT2D eigenvalue weighted by Gasteiger charge is -2.09. The molecule has 0 unspecified atom stereocenters. The van der Waals surface area contributed by atoms with Gasteiger partial charge in [0.05, 0.1) is 0 Å². The summed E-state index contributed by atoms with van der Waals surface area (Å²) in [6, 6.07) is 9.13. The van der Waals surface area contributed by atoms with Gasteiger partial charge in [0, 0.05) is 30.2 Å². The fourth-order valence-corrected chi connectivity index (χ4v) is 2.10. The molecule has 1 amide bonds. The molecule has 0 saturated carbocycles. The maximum absolute atomic E-state index is 11.9. The van der Waals surface area contributed by atoms with E-state index in [9.17, 15) is 4.79 Å². The Morgan fingerprint density at radius 1 is 1.18 bits per heavy atom. The van der Waals surface area contributed by atoms with E-state index in [-0.39, 0.29) is 12.7 Å². The minimum absolute atomic E-state index is 0.170. The smallest absolute Gasteiger partial charge is 0.269 e. The Labute approximate surface area is 128 Å². The average molecular weight is 299 g/mol. The average Bonchev–Trinajstić information content (AvgIpc) is 3.00. The van der Waals surface area contributed by atoms with Crippen molar-refractivity contribution >= 4 is 17.3 Å². The van der Waals surface area contributed by atoms with Crippen molar-refractivity contribution < 1.29 is 14.3 Å². The number of fused-ring (bicyclic) bond motifs is 1. The van der Waals surface area contributed by atoms with Gasteiger partial charge in [0.15, 0.2) is 11.5 Å². The summed E-state index contributed by atoms with van der Waals surface area (Å²) in [6.45, 7) is 2.89. The highest BCUT2D eigenvalue weighted by Gasteiger charge is 2.13. The van der Waals surface area contributed by atoms with Crippen LogP contribution in [0.4, 0.5) is 11.4 Å². The Bertz CT molecular complexity index is 688. The van der Waals surface area contributed by atoms with Gasteiger partial charge in [0.1, 0.15) is 5.69 Å². The first-order valence-electron chi connectivity index (χ1n) is 7.17. The quantitative estimate of drug-likeness (QED) is 0.888. The number of anilines is 2. The van der Waals surface area contributed by atoms with Crippen LogP contribution in [-0.2, 0) is 0 Å². The fraction of sp³-hybridized carbons (Fsp3) is 0.250. The van der Waals surface area contributed by atoms with Crippen molar-refractivity contribution in [2.45, 2.75) is 13.3 Å². The first kappa shape index (κ1) is 14.2. The van der Waals surface area contributed by atoms with Crippen molar-refractivity contribution in [2.75, 3.05) is 18.7 Å². The van der Waals surface area contributed by atoms with Gasteiger partial charge in [-0.25, -0.2) is 0 Å². The highest BCUT2D eigenvalue weighted by Crippen LogP contribution is 2.35. The van der Waals surface area contributed by atoms with Gasteiger partial charge in [-0.1, -0.05) is 6.92 Å². The standard InChI is InChI=1S/C16H17N3O3/c1-2-6-18-16(20)13-8-12(5-7-17-13)19-11-3-4-14-15(9-11)22-10-21-14/h3-5,7-9H,2,6,10H2,1H3,(H,17,19)(H,18,20). The van der Waals surface area contributed by atoms with E-state index in [1.165, 1.54) is 0 Å². The van der Waals surface area contributed by atoms with E-state index >= 15 is 0 Å². The van der Waals surface area contributed by atoms with Gasteiger partial charge in [0.2, 0.25) is 6.79 Å². The molecule has 0 bridgehead atoms. The van der Waals surface area contributed by atoms with E-state index in [0.29, 0.717) is 18.0 Å². The first-order valence-corrected chi connectivity index (χ1v) is 7.17. The summed E-state index contributed by atoms with van der Waals surface area (Å²) >= 11 is 0. The number of nitrogens with one attached hydrogen (secondary N) is 2. The fourth-order valence-electron chi connectivity index (χ4n) is 2.10. The molecule has 0 fully saturated rings. The van der Waals surface area contributed by atoms with Crippen LogP contribution in [0.1, 0.15) is 23.8 Å². The summed E-state index contributed by atoms with van der Waals surface area (Å²) in [6.07, 6.45) is 2.50. The van der Waals surface area contributed by atoms with E-state index in [1.807, 2.05) is 25.1 Å². The molecule has 114 valence electrons. The van der Waals surface area contributed by atoms with E-state index in [4.69, 9.17) is 9.47 Å². The van der Waals surface area contributed by atoms with Crippen molar-refractivity contribution in [2.24, 2.45) is 0 Å². The molecule has 6 heteroatoms. The number of pyridine rings is 1. The number of hydrogen-bond donors (Lipinski definition) is 2. The Morgan fingerprint density at radius 2 is 2.00 bits per heavy atom. The van der Waals surface area contributed by atoms with Crippen LogP contribution in [0.3, 0.4) is 0 Å². The summed E-state index contributed by atoms with van der Waals surface area (Å²) in [5.41, 5.74) is 2.03. The van der Waals surface area contributed by atoms with Gasteiger partial charge < -0.3 is 20.1 Å². The van der Waals surface area contributed by atoms with Crippen LogP contribution in [-0.4, -0.2) is 24.2 Å². The number of carbonyl (C=O) groups is 1. The zero-order valence-corrected chi connectivity index (χ0v) is 12.3. The predicted octanol–water partition coefficient (Wildman–Crippen LogP) is 2.69. The molecule has 22 heavy (non-hydrogen) atoms. The summed E-state index contributed by atoms with van der Waals surface area (Å²) in [4.78, 5) is 16.0. The first-order chi connectivity index (χ1) is 10.8. The number of benzene rings is 1. The number of ether oxygens (including phenoxy) is 2. The second-order valence-corrected chi connectivity index (χ2v) is 4.88. The largest absolute Gasteiger partial charge is 0.454 e. The zero-order valence-electron chi connectivity index (χ0n) is 12.3. The normalized spacial score (nSPS) is 12.0. The third-order valence-corrected chi connectivity index (χ3v) is 3.19. The van der Waals surface area contributed by atoms with Crippen LogP contribution < -0.4 is 20.1 Å². The van der Waals surface area contributed by atoms with E-state index < -0.39 is 0 Å². The number of rotatable bonds is 5. The van der Waals surface area contributed by atoms with Crippen LogP contribution in [0.5, 0.6) is 11.5 Å². The number of amides is 1. The van der Waals surface area contributed by atoms with Crippen LogP contribution in [0.25, 0.3) is 0 Å². The van der Waals surface area contributed by atoms with E-state index in [0.717, 1.165) is 23.5 Å². The molecule has 1 aliphatic rings. The highest BCUT2D eigenvalue weighted by molar-refractivity contribution is 5.93. The molecule has 3 rings (SSSR count). The Balaban J connectivity index is 1.74. The zero-order chi connectivity index (χ0) is 15.4. The van der Waals surface area contributed by atoms with Gasteiger partial charge in [-0.3, -0.25) is 9.78 Å². The van der Waals surface area contributed by atoms with Crippen molar-refractivity contribution in [3.63, 3.8) is 0 Å². The number of aromatic nitrogens is 1. The molecular weight excluding hydrogens is 282 g/mol. The molecule has 1 aromatic carbocycles. The summed E-state index contributed by atoms with van der Waals surface area (Å²) < 4.78 is 10.6. The minimum Gasteiger partial charge on any atom is -0.454 e. The molecule has 2 heterocycles. The monoisotopic (exact) mass is 299 g/mol. The van der Waals surface area contributed by atoms with Crippen molar-refractivity contribution in [1.82, 2.24) is 10.3 Å².